The zero-order valence-electron chi connectivity index (χ0n) is 10.5. The van der Waals surface area contributed by atoms with Gasteiger partial charge in [0, 0.05) is 11.5 Å². The summed E-state index contributed by atoms with van der Waals surface area (Å²) < 4.78 is 0. The molecule has 1 atom stereocenters. The first-order chi connectivity index (χ1) is 8.45. The van der Waals surface area contributed by atoms with Gasteiger partial charge in [-0.1, -0.05) is 44.1 Å². The highest BCUT2D eigenvalue weighted by atomic mass is 35.5. The number of rotatable bonds is 5. The van der Waals surface area contributed by atoms with E-state index in [1.165, 1.54) is 0 Å². The highest BCUT2D eigenvalue weighted by Gasteiger charge is 2.13. The molecule has 0 fully saturated rings. The topological polar surface area (TPSA) is 55.1 Å². The summed E-state index contributed by atoms with van der Waals surface area (Å²) in [5, 5.41) is 3.25. The van der Waals surface area contributed by atoms with Gasteiger partial charge in [-0.05, 0) is 24.6 Å². The van der Waals surface area contributed by atoms with Crippen LogP contribution >= 0.6 is 23.8 Å². The van der Waals surface area contributed by atoms with Crippen molar-refractivity contribution in [2.24, 2.45) is 11.7 Å². The van der Waals surface area contributed by atoms with Gasteiger partial charge in [0.2, 0.25) is 5.91 Å². The van der Waals surface area contributed by atoms with Crippen LogP contribution in [0.2, 0.25) is 5.02 Å². The summed E-state index contributed by atoms with van der Waals surface area (Å²) in [6.45, 7) is 3.95. The lowest BCUT2D eigenvalue weighted by Gasteiger charge is -2.12. The summed E-state index contributed by atoms with van der Waals surface area (Å²) in [6.07, 6.45) is 1.83. The van der Waals surface area contributed by atoms with E-state index in [1.54, 1.807) is 18.2 Å². The molecule has 98 valence electrons. The van der Waals surface area contributed by atoms with Gasteiger partial charge in [-0.3, -0.25) is 4.79 Å². The molecular formula is C13H17ClN2OS. The van der Waals surface area contributed by atoms with Gasteiger partial charge < -0.3 is 11.1 Å². The second kappa shape index (κ2) is 6.71. The fourth-order valence-electron chi connectivity index (χ4n) is 1.59. The summed E-state index contributed by atoms with van der Waals surface area (Å²) >= 11 is 10.9. The van der Waals surface area contributed by atoms with Gasteiger partial charge in [0.1, 0.15) is 4.99 Å². The van der Waals surface area contributed by atoms with Gasteiger partial charge in [0.05, 0.1) is 10.7 Å². The van der Waals surface area contributed by atoms with Crippen molar-refractivity contribution < 1.29 is 4.79 Å². The molecule has 0 spiro atoms. The minimum atomic E-state index is -0.0265. The van der Waals surface area contributed by atoms with Crippen LogP contribution in [0.5, 0.6) is 0 Å². The van der Waals surface area contributed by atoms with Crippen LogP contribution in [0.15, 0.2) is 18.2 Å². The molecule has 18 heavy (non-hydrogen) atoms. The molecule has 1 unspecified atom stereocenters. The van der Waals surface area contributed by atoms with Crippen molar-refractivity contribution in [2.75, 3.05) is 5.32 Å². The van der Waals surface area contributed by atoms with Crippen LogP contribution in [0.3, 0.4) is 0 Å². The first-order valence-corrected chi connectivity index (χ1v) is 6.64. The summed E-state index contributed by atoms with van der Waals surface area (Å²) in [5.41, 5.74) is 6.78. The maximum absolute atomic E-state index is 11.9. The predicted octanol–water partition coefficient (Wildman–Crippen LogP) is 3.35. The molecule has 3 nitrogen and oxygen atoms in total. The first kappa shape index (κ1) is 14.9. The Morgan fingerprint density at radius 3 is 2.72 bits per heavy atom. The number of nitrogens with two attached hydrogens (primary N) is 1. The third kappa shape index (κ3) is 3.96. The van der Waals surface area contributed by atoms with Crippen LogP contribution < -0.4 is 11.1 Å². The molecule has 0 heterocycles. The lowest BCUT2D eigenvalue weighted by atomic mass is 10.1. The van der Waals surface area contributed by atoms with Crippen molar-refractivity contribution in [3.8, 4) is 0 Å². The van der Waals surface area contributed by atoms with Gasteiger partial charge in [-0.15, -0.1) is 0 Å². The highest BCUT2D eigenvalue weighted by molar-refractivity contribution is 7.80. The van der Waals surface area contributed by atoms with E-state index in [1.807, 2.05) is 13.8 Å². The van der Waals surface area contributed by atoms with E-state index in [4.69, 9.17) is 29.6 Å². The van der Waals surface area contributed by atoms with Crippen LogP contribution in [-0.4, -0.2) is 10.9 Å². The summed E-state index contributed by atoms with van der Waals surface area (Å²) in [6, 6.07) is 5.12. The molecule has 0 aliphatic rings. The third-order valence-electron chi connectivity index (χ3n) is 2.68. The molecule has 3 N–H and O–H groups in total. The molecule has 0 saturated heterocycles. The van der Waals surface area contributed by atoms with Crippen LogP contribution in [0.4, 0.5) is 5.69 Å². The summed E-state index contributed by atoms with van der Waals surface area (Å²) in [4.78, 5) is 12.1. The van der Waals surface area contributed by atoms with Crippen molar-refractivity contribution in [2.45, 2.75) is 26.7 Å². The zero-order valence-corrected chi connectivity index (χ0v) is 12.1. The van der Waals surface area contributed by atoms with E-state index >= 15 is 0 Å². The molecule has 0 radical (unpaired) electrons. The Bertz CT molecular complexity index is 462. The largest absolute Gasteiger partial charge is 0.389 e. The van der Waals surface area contributed by atoms with Crippen LogP contribution in [-0.2, 0) is 4.79 Å². The molecule has 0 aliphatic heterocycles. The Balaban J connectivity index is 2.79. The number of carbonyl (C=O) groups excluding carboxylic acids is 1. The Morgan fingerprint density at radius 1 is 1.56 bits per heavy atom. The lowest BCUT2D eigenvalue weighted by molar-refractivity contribution is -0.119. The number of benzene rings is 1. The predicted molar refractivity (Wildman–Crippen MR) is 80.0 cm³/mol. The molecule has 5 heteroatoms. The van der Waals surface area contributed by atoms with E-state index in [0.717, 1.165) is 12.8 Å². The fourth-order valence-corrected chi connectivity index (χ4v) is 1.94. The Kier molecular flexibility index (Phi) is 5.56. The Hall–Kier alpha value is -1.13. The van der Waals surface area contributed by atoms with E-state index in [0.29, 0.717) is 16.3 Å². The SMILES string of the molecule is CCCC(C)C(=O)Nc1ccc(C(N)=S)cc1Cl. The molecule has 1 rings (SSSR count). The second-order valence-electron chi connectivity index (χ2n) is 4.24. The number of hydrogen-bond acceptors (Lipinski definition) is 2. The minimum Gasteiger partial charge on any atom is -0.389 e. The van der Waals surface area contributed by atoms with Crippen molar-refractivity contribution in [1.82, 2.24) is 0 Å². The normalized spacial score (nSPS) is 11.9. The number of thiocarbonyl (C=S) groups is 1. The van der Waals surface area contributed by atoms with E-state index < -0.39 is 0 Å². The number of anilines is 1. The Morgan fingerprint density at radius 2 is 2.22 bits per heavy atom. The van der Waals surface area contributed by atoms with Gasteiger partial charge in [0.25, 0.3) is 0 Å². The fraction of sp³-hybridized carbons (Fsp3) is 0.385. The van der Waals surface area contributed by atoms with E-state index in [2.05, 4.69) is 5.32 Å². The zero-order chi connectivity index (χ0) is 13.7. The summed E-state index contributed by atoms with van der Waals surface area (Å²) in [7, 11) is 0. The van der Waals surface area contributed by atoms with Gasteiger partial charge in [-0.25, -0.2) is 0 Å². The molecule has 1 aromatic rings. The maximum Gasteiger partial charge on any atom is 0.227 e. The van der Waals surface area contributed by atoms with Gasteiger partial charge in [0.15, 0.2) is 0 Å². The van der Waals surface area contributed by atoms with Crippen LogP contribution in [0, 0.1) is 5.92 Å². The molecule has 1 amide bonds. The van der Waals surface area contributed by atoms with Crippen molar-refractivity contribution >= 4 is 40.4 Å². The van der Waals surface area contributed by atoms with Crippen LogP contribution in [0.25, 0.3) is 0 Å². The minimum absolute atomic E-state index is 0.0261. The molecule has 0 saturated carbocycles. The first-order valence-electron chi connectivity index (χ1n) is 5.86. The molecular weight excluding hydrogens is 268 g/mol. The van der Waals surface area contributed by atoms with Gasteiger partial charge in [-0.2, -0.15) is 0 Å². The molecule has 0 bridgehead atoms. The van der Waals surface area contributed by atoms with E-state index in [-0.39, 0.29) is 16.8 Å². The second-order valence-corrected chi connectivity index (χ2v) is 5.08. The average molecular weight is 285 g/mol. The highest BCUT2D eigenvalue weighted by Crippen LogP contribution is 2.24. The third-order valence-corrected chi connectivity index (χ3v) is 3.23. The van der Waals surface area contributed by atoms with Crippen LogP contribution in [0.1, 0.15) is 32.3 Å². The average Bonchev–Trinajstić information content (AvgIpc) is 2.31. The number of amides is 1. The number of carbonyl (C=O) groups is 1. The van der Waals surface area contributed by atoms with Gasteiger partial charge >= 0.3 is 0 Å². The Labute approximate surface area is 118 Å². The number of hydrogen-bond donors (Lipinski definition) is 2. The van der Waals surface area contributed by atoms with E-state index in [9.17, 15) is 4.79 Å². The van der Waals surface area contributed by atoms with Crippen molar-refractivity contribution in [3.63, 3.8) is 0 Å². The molecule has 1 aromatic carbocycles. The monoisotopic (exact) mass is 284 g/mol. The van der Waals surface area contributed by atoms with Crippen molar-refractivity contribution in [1.29, 1.82) is 0 Å². The standard InChI is InChI=1S/C13H17ClN2OS/c1-3-4-8(2)13(17)16-11-6-5-9(12(15)18)7-10(11)14/h5-8H,3-4H2,1-2H3,(H2,15,18)(H,16,17). The molecule has 0 aromatic heterocycles. The number of nitrogens with one attached hydrogen (secondary N) is 1. The maximum atomic E-state index is 11.9. The lowest BCUT2D eigenvalue weighted by Crippen LogP contribution is -2.20. The molecule has 0 aliphatic carbocycles. The van der Waals surface area contributed by atoms with Crippen molar-refractivity contribution in [3.05, 3.63) is 28.8 Å². The quantitative estimate of drug-likeness (QED) is 0.815. The smallest absolute Gasteiger partial charge is 0.227 e. The number of halogens is 1. The summed E-state index contributed by atoms with van der Waals surface area (Å²) in [5.74, 6) is -0.0526.